The number of nitrogens with two attached hydrogens (primary N) is 1. The highest BCUT2D eigenvalue weighted by molar-refractivity contribution is 6.43. The fraction of sp³-hybridized carbons (Fsp3) is 0.273. The molecule has 0 aliphatic carbocycles. The third kappa shape index (κ3) is 3.56. The Hall–Kier alpha value is -0.410. The highest BCUT2D eigenvalue weighted by Gasteiger charge is 2.15. The van der Waals surface area contributed by atoms with Gasteiger partial charge in [-0.15, -0.1) is 19.0 Å². The molecule has 0 amide bonds. The van der Waals surface area contributed by atoms with Crippen molar-refractivity contribution in [1.82, 2.24) is 0 Å². The summed E-state index contributed by atoms with van der Waals surface area (Å²) in [5.41, 5.74) is 7.44. The molecule has 16 heavy (non-hydrogen) atoms. The smallest absolute Gasteiger partial charge is 0.140 e. The van der Waals surface area contributed by atoms with Crippen molar-refractivity contribution < 1.29 is 5.11 Å². The first-order valence-electron chi connectivity index (χ1n) is 4.50. The molecule has 5 heteroatoms. The van der Waals surface area contributed by atoms with Crippen molar-refractivity contribution >= 4 is 35.6 Å². The molecule has 0 fully saturated rings. The summed E-state index contributed by atoms with van der Waals surface area (Å²) in [6.07, 6.45) is 0.603. The minimum absolute atomic E-state index is 0. The maximum absolute atomic E-state index is 9.74. The van der Waals surface area contributed by atoms with Gasteiger partial charge in [-0.3, -0.25) is 0 Å². The van der Waals surface area contributed by atoms with E-state index in [0.717, 1.165) is 5.57 Å². The fourth-order valence-corrected chi connectivity index (χ4v) is 1.66. The summed E-state index contributed by atoms with van der Waals surface area (Å²) in [5, 5.41) is 10.2. The molecule has 0 saturated heterocycles. The zero-order chi connectivity index (χ0) is 11.6. The van der Waals surface area contributed by atoms with Gasteiger partial charge in [-0.25, -0.2) is 0 Å². The Bertz CT molecular complexity index is 393. The molecule has 0 aromatic heterocycles. The third-order valence-electron chi connectivity index (χ3n) is 2.07. The van der Waals surface area contributed by atoms with Crippen LogP contribution in [0.5, 0.6) is 5.75 Å². The Morgan fingerprint density at radius 3 is 2.56 bits per heavy atom. The Kier molecular flexibility index (Phi) is 6.19. The molecule has 0 saturated carbocycles. The molecule has 0 spiro atoms. The molecule has 0 heterocycles. The lowest BCUT2D eigenvalue weighted by Crippen LogP contribution is -2.10. The Morgan fingerprint density at radius 2 is 2.06 bits per heavy atom. The Balaban J connectivity index is 0.00000225. The van der Waals surface area contributed by atoms with Crippen molar-refractivity contribution in [2.24, 2.45) is 5.73 Å². The summed E-state index contributed by atoms with van der Waals surface area (Å²) >= 11 is 11.5. The summed E-state index contributed by atoms with van der Waals surface area (Å²) in [6.45, 7) is 5.65. The van der Waals surface area contributed by atoms with Crippen molar-refractivity contribution in [2.45, 2.75) is 19.4 Å². The summed E-state index contributed by atoms with van der Waals surface area (Å²) in [7, 11) is 0. The van der Waals surface area contributed by atoms with E-state index in [9.17, 15) is 5.11 Å². The lowest BCUT2D eigenvalue weighted by molar-refractivity contribution is 0.461. The molecule has 1 aromatic rings. The average Bonchev–Trinajstić information content (AvgIpc) is 2.13. The number of rotatable bonds is 3. The first kappa shape index (κ1) is 15.6. The second-order valence-electron chi connectivity index (χ2n) is 3.57. The van der Waals surface area contributed by atoms with Crippen LogP contribution in [0.15, 0.2) is 24.3 Å². The summed E-state index contributed by atoms with van der Waals surface area (Å²) in [6, 6.07) is 2.99. The van der Waals surface area contributed by atoms with Crippen LogP contribution in [0.2, 0.25) is 10.0 Å². The van der Waals surface area contributed by atoms with E-state index in [4.69, 9.17) is 28.9 Å². The third-order valence-corrected chi connectivity index (χ3v) is 2.86. The van der Waals surface area contributed by atoms with Crippen LogP contribution < -0.4 is 5.73 Å². The molecule has 1 rings (SSSR count). The second kappa shape index (κ2) is 6.36. The van der Waals surface area contributed by atoms with Gasteiger partial charge < -0.3 is 10.8 Å². The lowest BCUT2D eigenvalue weighted by atomic mass is 10.0. The normalized spacial score (nSPS) is 11.8. The predicted octanol–water partition coefficient (Wildman–Crippen LogP) is 4.09. The molecule has 3 N–H and O–H groups in total. The molecular weight excluding hydrogens is 268 g/mol. The highest BCUT2D eigenvalue weighted by atomic mass is 35.5. The number of phenols is 1. The lowest BCUT2D eigenvalue weighted by Gasteiger charge is -2.14. The standard InChI is InChI=1S/C11H13Cl2NO.ClH/c1-6(2)5-9(14)7-3-4-8(12)10(13)11(7)15;/h3-4,9,15H,1,5,14H2,2H3;1H/t9-;/m0./s1. The number of hydrogen-bond donors (Lipinski definition) is 2. The van der Waals surface area contributed by atoms with Crippen LogP contribution in [-0.2, 0) is 0 Å². The summed E-state index contributed by atoms with van der Waals surface area (Å²) < 4.78 is 0. The van der Waals surface area contributed by atoms with E-state index in [0.29, 0.717) is 17.0 Å². The van der Waals surface area contributed by atoms with Gasteiger partial charge in [0.1, 0.15) is 10.8 Å². The molecular formula is C11H14Cl3NO. The van der Waals surface area contributed by atoms with Gasteiger partial charge in [0.2, 0.25) is 0 Å². The monoisotopic (exact) mass is 281 g/mol. The van der Waals surface area contributed by atoms with E-state index in [1.807, 2.05) is 6.92 Å². The van der Waals surface area contributed by atoms with Crippen molar-refractivity contribution in [3.05, 3.63) is 39.9 Å². The van der Waals surface area contributed by atoms with Gasteiger partial charge in [-0.05, 0) is 19.4 Å². The SMILES string of the molecule is C=C(C)C[C@H](N)c1ccc(Cl)c(Cl)c1O.Cl. The largest absolute Gasteiger partial charge is 0.506 e. The second-order valence-corrected chi connectivity index (χ2v) is 4.35. The van der Waals surface area contributed by atoms with Crippen LogP contribution >= 0.6 is 35.6 Å². The van der Waals surface area contributed by atoms with Crippen LogP contribution in [0.3, 0.4) is 0 Å². The molecule has 0 aliphatic heterocycles. The van der Waals surface area contributed by atoms with Gasteiger partial charge in [0.15, 0.2) is 0 Å². The number of phenolic OH excluding ortho intramolecular Hbond substituents is 1. The van der Waals surface area contributed by atoms with E-state index in [1.165, 1.54) is 0 Å². The van der Waals surface area contributed by atoms with Crippen molar-refractivity contribution in [3.63, 3.8) is 0 Å². The van der Waals surface area contributed by atoms with E-state index in [2.05, 4.69) is 6.58 Å². The molecule has 1 atom stereocenters. The van der Waals surface area contributed by atoms with E-state index in [-0.39, 0.29) is 29.2 Å². The van der Waals surface area contributed by atoms with Crippen LogP contribution in [0.4, 0.5) is 0 Å². The number of hydrogen-bond acceptors (Lipinski definition) is 2. The predicted molar refractivity (Wildman–Crippen MR) is 71.7 cm³/mol. The van der Waals surface area contributed by atoms with Gasteiger partial charge in [-0.1, -0.05) is 34.8 Å². The van der Waals surface area contributed by atoms with E-state index < -0.39 is 0 Å². The topological polar surface area (TPSA) is 46.2 Å². The molecule has 90 valence electrons. The first-order valence-corrected chi connectivity index (χ1v) is 5.26. The quantitative estimate of drug-likeness (QED) is 0.820. The minimum Gasteiger partial charge on any atom is -0.506 e. The molecule has 1 aromatic carbocycles. The van der Waals surface area contributed by atoms with Gasteiger partial charge in [0.05, 0.1) is 5.02 Å². The minimum atomic E-state index is -0.308. The molecule has 0 bridgehead atoms. The van der Waals surface area contributed by atoms with Crippen molar-refractivity contribution in [2.75, 3.05) is 0 Å². The summed E-state index contributed by atoms with van der Waals surface area (Å²) in [5.74, 6) is -0.0436. The Morgan fingerprint density at radius 1 is 1.50 bits per heavy atom. The van der Waals surface area contributed by atoms with Gasteiger partial charge in [0.25, 0.3) is 0 Å². The van der Waals surface area contributed by atoms with Crippen LogP contribution in [0, 0.1) is 0 Å². The van der Waals surface area contributed by atoms with Gasteiger partial charge in [0, 0.05) is 11.6 Å². The van der Waals surface area contributed by atoms with Crippen molar-refractivity contribution in [3.8, 4) is 5.75 Å². The number of halogens is 3. The molecule has 0 aliphatic rings. The van der Waals surface area contributed by atoms with Crippen LogP contribution in [0.25, 0.3) is 0 Å². The van der Waals surface area contributed by atoms with Gasteiger partial charge >= 0.3 is 0 Å². The fourth-order valence-electron chi connectivity index (χ4n) is 1.34. The van der Waals surface area contributed by atoms with Crippen LogP contribution in [0.1, 0.15) is 24.9 Å². The maximum atomic E-state index is 9.74. The zero-order valence-electron chi connectivity index (χ0n) is 8.84. The molecule has 0 radical (unpaired) electrons. The zero-order valence-corrected chi connectivity index (χ0v) is 11.2. The van der Waals surface area contributed by atoms with Gasteiger partial charge in [-0.2, -0.15) is 0 Å². The first-order chi connectivity index (χ1) is 6.93. The Labute approximate surface area is 111 Å². The van der Waals surface area contributed by atoms with E-state index in [1.54, 1.807) is 12.1 Å². The highest BCUT2D eigenvalue weighted by Crippen LogP contribution is 2.37. The number of benzene rings is 1. The molecule has 0 unspecified atom stereocenters. The van der Waals surface area contributed by atoms with Crippen LogP contribution in [-0.4, -0.2) is 5.11 Å². The average molecular weight is 283 g/mol. The summed E-state index contributed by atoms with van der Waals surface area (Å²) in [4.78, 5) is 0. The number of aromatic hydroxyl groups is 1. The van der Waals surface area contributed by atoms with E-state index >= 15 is 0 Å². The molecule has 2 nitrogen and oxygen atoms in total. The maximum Gasteiger partial charge on any atom is 0.140 e. The van der Waals surface area contributed by atoms with Crippen molar-refractivity contribution in [1.29, 1.82) is 0 Å².